The number of rotatable bonds is 2. The maximum atomic E-state index is 11.2. The molecule has 0 unspecified atom stereocenters. The summed E-state index contributed by atoms with van der Waals surface area (Å²) in [7, 11) is 0. The van der Waals surface area contributed by atoms with Crippen molar-refractivity contribution >= 4 is 0 Å². The number of hydrogen-bond acceptors (Lipinski definition) is 3. The Morgan fingerprint density at radius 2 is 2.06 bits per heavy atom. The predicted molar refractivity (Wildman–Crippen MR) is 64.3 cm³/mol. The molecule has 1 aliphatic rings. The Morgan fingerprint density at radius 1 is 1.24 bits per heavy atom. The fraction of sp³-hybridized carbons (Fsp3) is 0.231. The summed E-state index contributed by atoms with van der Waals surface area (Å²) in [5, 5.41) is 6.56. The van der Waals surface area contributed by atoms with Gasteiger partial charge in [0.1, 0.15) is 0 Å². The number of hydrogen-bond donors (Lipinski definition) is 1. The molecule has 0 saturated carbocycles. The maximum Gasteiger partial charge on any atom is 0.264 e. The quantitative estimate of drug-likeness (QED) is 0.841. The molecule has 1 N–H and O–H groups in total. The first-order valence-corrected chi connectivity index (χ1v) is 5.65. The first-order valence-electron chi connectivity index (χ1n) is 5.65. The van der Waals surface area contributed by atoms with Crippen molar-refractivity contribution in [2.24, 2.45) is 0 Å². The SMILES string of the molecule is O=c1cc2c(n[nH]1)CN(Cc1ccccc1)C2. The van der Waals surface area contributed by atoms with Gasteiger partial charge in [-0.3, -0.25) is 9.69 Å². The Labute approximate surface area is 98.9 Å². The van der Waals surface area contributed by atoms with Crippen LogP contribution in [0.3, 0.4) is 0 Å². The molecule has 17 heavy (non-hydrogen) atoms. The first kappa shape index (κ1) is 10.2. The summed E-state index contributed by atoms with van der Waals surface area (Å²) < 4.78 is 0. The molecule has 0 atom stereocenters. The second-order valence-corrected chi connectivity index (χ2v) is 4.33. The van der Waals surface area contributed by atoms with E-state index in [2.05, 4.69) is 27.2 Å². The monoisotopic (exact) mass is 227 g/mol. The van der Waals surface area contributed by atoms with E-state index in [9.17, 15) is 4.79 Å². The second-order valence-electron chi connectivity index (χ2n) is 4.33. The molecule has 0 amide bonds. The minimum atomic E-state index is -0.120. The van der Waals surface area contributed by atoms with Gasteiger partial charge in [0.2, 0.25) is 0 Å². The van der Waals surface area contributed by atoms with Crippen molar-refractivity contribution in [2.75, 3.05) is 0 Å². The summed E-state index contributed by atoms with van der Waals surface area (Å²) in [6.45, 7) is 2.51. The zero-order valence-electron chi connectivity index (χ0n) is 9.39. The Kier molecular flexibility index (Phi) is 2.49. The van der Waals surface area contributed by atoms with Crippen LogP contribution in [0.4, 0.5) is 0 Å². The Balaban J connectivity index is 1.76. The van der Waals surface area contributed by atoms with E-state index < -0.39 is 0 Å². The molecule has 0 radical (unpaired) electrons. The standard InChI is InChI=1S/C13H13N3O/c17-13-6-11-8-16(9-12(11)14-15-13)7-10-4-2-1-3-5-10/h1-6H,7-9H2,(H,15,17). The lowest BCUT2D eigenvalue weighted by atomic mass is 10.2. The summed E-state index contributed by atoms with van der Waals surface area (Å²) in [5.74, 6) is 0. The van der Waals surface area contributed by atoms with Gasteiger partial charge in [0.15, 0.2) is 0 Å². The van der Waals surface area contributed by atoms with Gasteiger partial charge in [-0.25, -0.2) is 5.10 Å². The van der Waals surface area contributed by atoms with E-state index in [1.165, 1.54) is 5.56 Å². The predicted octanol–water partition coefficient (Wildman–Crippen LogP) is 1.29. The Morgan fingerprint density at radius 3 is 2.88 bits per heavy atom. The molecular formula is C13H13N3O. The Hall–Kier alpha value is -1.94. The molecule has 4 nitrogen and oxygen atoms in total. The summed E-state index contributed by atoms with van der Waals surface area (Å²) in [6, 6.07) is 12.0. The summed E-state index contributed by atoms with van der Waals surface area (Å²) >= 11 is 0. The number of aromatic nitrogens is 2. The number of aromatic amines is 1. The number of H-pyrrole nitrogens is 1. The summed E-state index contributed by atoms with van der Waals surface area (Å²) in [5.41, 5.74) is 3.20. The highest BCUT2D eigenvalue weighted by atomic mass is 16.1. The number of fused-ring (bicyclic) bond motifs is 1. The molecule has 1 aromatic heterocycles. The van der Waals surface area contributed by atoms with Crippen LogP contribution in [0.2, 0.25) is 0 Å². The van der Waals surface area contributed by atoms with Crippen LogP contribution in [0.25, 0.3) is 0 Å². The van der Waals surface area contributed by atoms with Crippen LogP contribution in [-0.4, -0.2) is 15.1 Å². The topological polar surface area (TPSA) is 49.0 Å². The van der Waals surface area contributed by atoms with E-state index in [1.54, 1.807) is 6.07 Å². The van der Waals surface area contributed by atoms with Gasteiger partial charge in [-0.1, -0.05) is 30.3 Å². The minimum Gasteiger partial charge on any atom is -0.289 e. The third-order valence-corrected chi connectivity index (χ3v) is 2.99. The normalized spacial score (nSPS) is 14.8. The van der Waals surface area contributed by atoms with E-state index in [4.69, 9.17) is 0 Å². The average molecular weight is 227 g/mol. The lowest BCUT2D eigenvalue weighted by molar-refractivity contribution is 0.273. The van der Waals surface area contributed by atoms with Crippen LogP contribution >= 0.6 is 0 Å². The molecule has 2 aromatic rings. The van der Waals surface area contributed by atoms with Crippen LogP contribution in [0, 0.1) is 0 Å². The highest BCUT2D eigenvalue weighted by Gasteiger charge is 2.20. The van der Waals surface area contributed by atoms with E-state index >= 15 is 0 Å². The highest BCUT2D eigenvalue weighted by Crippen LogP contribution is 2.20. The fourth-order valence-electron chi connectivity index (χ4n) is 2.20. The molecule has 2 heterocycles. The molecule has 1 aliphatic heterocycles. The van der Waals surface area contributed by atoms with Gasteiger partial charge >= 0.3 is 0 Å². The van der Waals surface area contributed by atoms with E-state index in [-0.39, 0.29) is 5.56 Å². The fourth-order valence-corrected chi connectivity index (χ4v) is 2.20. The molecule has 0 aliphatic carbocycles. The number of nitrogens with zero attached hydrogens (tertiary/aromatic N) is 2. The summed E-state index contributed by atoms with van der Waals surface area (Å²) in [4.78, 5) is 13.4. The number of nitrogens with one attached hydrogen (secondary N) is 1. The zero-order valence-corrected chi connectivity index (χ0v) is 9.39. The lowest BCUT2D eigenvalue weighted by Gasteiger charge is -2.13. The molecule has 3 rings (SSSR count). The molecule has 1 aromatic carbocycles. The molecule has 0 spiro atoms. The van der Waals surface area contributed by atoms with Crippen LogP contribution in [0.5, 0.6) is 0 Å². The van der Waals surface area contributed by atoms with Crippen LogP contribution in [0.15, 0.2) is 41.2 Å². The second kappa shape index (κ2) is 4.14. The van der Waals surface area contributed by atoms with Gasteiger partial charge < -0.3 is 0 Å². The van der Waals surface area contributed by atoms with Crippen LogP contribution in [0.1, 0.15) is 16.8 Å². The molecule has 0 fully saturated rings. The van der Waals surface area contributed by atoms with Gasteiger partial charge in [0, 0.05) is 25.7 Å². The maximum absolute atomic E-state index is 11.2. The third-order valence-electron chi connectivity index (χ3n) is 2.99. The van der Waals surface area contributed by atoms with Gasteiger partial charge in [-0.15, -0.1) is 0 Å². The third kappa shape index (κ3) is 2.12. The van der Waals surface area contributed by atoms with Crippen molar-refractivity contribution in [3.63, 3.8) is 0 Å². The van der Waals surface area contributed by atoms with Crippen molar-refractivity contribution in [1.29, 1.82) is 0 Å². The molecule has 0 bridgehead atoms. The van der Waals surface area contributed by atoms with Gasteiger partial charge in [0.05, 0.1) is 5.69 Å². The highest BCUT2D eigenvalue weighted by molar-refractivity contribution is 5.22. The summed E-state index contributed by atoms with van der Waals surface area (Å²) in [6.07, 6.45) is 0. The first-order chi connectivity index (χ1) is 8.31. The average Bonchev–Trinajstić information content (AvgIpc) is 2.71. The van der Waals surface area contributed by atoms with E-state index in [1.807, 2.05) is 18.2 Å². The molecule has 86 valence electrons. The van der Waals surface area contributed by atoms with Crippen molar-refractivity contribution in [3.05, 3.63) is 63.6 Å². The van der Waals surface area contributed by atoms with Crippen molar-refractivity contribution in [1.82, 2.24) is 15.1 Å². The van der Waals surface area contributed by atoms with Crippen LogP contribution < -0.4 is 5.56 Å². The zero-order chi connectivity index (χ0) is 11.7. The molecular weight excluding hydrogens is 214 g/mol. The van der Waals surface area contributed by atoms with Crippen LogP contribution in [-0.2, 0) is 19.6 Å². The number of benzene rings is 1. The van der Waals surface area contributed by atoms with Crippen molar-refractivity contribution in [2.45, 2.75) is 19.6 Å². The minimum absolute atomic E-state index is 0.120. The van der Waals surface area contributed by atoms with Gasteiger partial charge in [0.25, 0.3) is 5.56 Å². The Bertz CT molecular complexity index is 577. The molecule has 0 saturated heterocycles. The van der Waals surface area contributed by atoms with Gasteiger partial charge in [-0.2, -0.15) is 5.10 Å². The van der Waals surface area contributed by atoms with Crippen molar-refractivity contribution in [3.8, 4) is 0 Å². The molecule has 4 heteroatoms. The smallest absolute Gasteiger partial charge is 0.264 e. The van der Waals surface area contributed by atoms with Gasteiger partial charge in [-0.05, 0) is 11.1 Å². The van der Waals surface area contributed by atoms with E-state index in [0.717, 1.165) is 30.9 Å². The lowest BCUT2D eigenvalue weighted by Crippen LogP contribution is -2.15. The van der Waals surface area contributed by atoms with Crippen molar-refractivity contribution < 1.29 is 0 Å². The largest absolute Gasteiger partial charge is 0.289 e. The van der Waals surface area contributed by atoms with E-state index in [0.29, 0.717) is 0 Å².